The summed E-state index contributed by atoms with van der Waals surface area (Å²) in [6, 6.07) is 17.3. The van der Waals surface area contributed by atoms with Gasteiger partial charge in [-0.1, -0.05) is 48.5 Å². The molecule has 0 unspecified atom stereocenters. The largest absolute Gasteiger partial charge is 0.493 e. The van der Waals surface area contributed by atoms with Crippen LogP contribution in [-0.2, 0) is 14.3 Å². The second-order valence-electron chi connectivity index (χ2n) is 6.20. The van der Waals surface area contributed by atoms with Crippen LogP contribution in [0.3, 0.4) is 0 Å². The molecule has 0 aromatic heterocycles. The number of esters is 1. The lowest BCUT2D eigenvalue weighted by molar-refractivity contribution is -0.152. The van der Waals surface area contributed by atoms with Gasteiger partial charge in [-0.05, 0) is 24.1 Å². The Labute approximate surface area is 158 Å². The van der Waals surface area contributed by atoms with Gasteiger partial charge in [0.15, 0.2) is 6.61 Å². The van der Waals surface area contributed by atoms with Gasteiger partial charge in [0.2, 0.25) is 0 Å². The Morgan fingerprint density at radius 3 is 2.59 bits per heavy atom. The van der Waals surface area contributed by atoms with Crippen molar-refractivity contribution in [1.29, 1.82) is 0 Å². The third-order valence-electron chi connectivity index (χ3n) is 4.21. The summed E-state index contributed by atoms with van der Waals surface area (Å²) in [6.45, 7) is 2.33. The number of carbonyl (C=O) groups is 2. The van der Waals surface area contributed by atoms with Crippen molar-refractivity contribution >= 4 is 17.6 Å². The van der Waals surface area contributed by atoms with E-state index in [-0.39, 0.29) is 25.5 Å². The number of hydrogen-bond donors (Lipinski definition) is 0. The highest BCUT2D eigenvalue weighted by atomic mass is 16.5. The summed E-state index contributed by atoms with van der Waals surface area (Å²) < 4.78 is 10.6. The minimum absolute atomic E-state index is 0.0835. The Morgan fingerprint density at radius 2 is 1.81 bits per heavy atom. The zero-order valence-corrected chi connectivity index (χ0v) is 15.3. The third-order valence-corrected chi connectivity index (χ3v) is 4.21. The Bertz CT molecular complexity index is 833. The van der Waals surface area contributed by atoms with Gasteiger partial charge >= 0.3 is 5.97 Å². The predicted octanol–water partition coefficient (Wildman–Crippen LogP) is 2.94. The van der Waals surface area contributed by atoms with Gasteiger partial charge in [0.25, 0.3) is 5.91 Å². The number of amides is 1. The fourth-order valence-electron chi connectivity index (χ4n) is 2.72. The van der Waals surface area contributed by atoms with Crippen molar-refractivity contribution < 1.29 is 19.1 Å². The first-order valence-electron chi connectivity index (χ1n) is 8.91. The van der Waals surface area contributed by atoms with E-state index in [9.17, 15) is 9.59 Å². The number of carbonyl (C=O) groups excluding carboxylic acids is 2. The van der Waals surface area contributed by atoms with Gasteiger partial charge in [-0.2, -0.15) is 5.10 Å². The summed E-state index contributed by atoms with van der Waals surface area (Å²) in [6.07, 6.45) is 0.772. The molecule has 1 aliphatic rings. The summed E-state index contributed by atoms with van der Waals surface area (Å²) in [7, 11) is 0. The van der Waals surface area contributed by atoms with Crippen LogP contribution in [0.1, 0.15) is 24.0 Å². The summed E-state index contributed by atoms with van der Waals surface area (Å²) in [4.78, 5) is 24.0. The van der Waals surface area contributed by atoms with Crippen molar-refractivity contribution in [3.8, 4) is 5.75 Å². The van der Waals surface area contributed by atoms with Crippen LogP contribution in [0.25, 0.3) is 0 Å². The van der Waals surface area contributed by atoms with Crippen LogP contribution in [0.5, 0.6) is 5.75 Å². The van der Waals surface area contributed by atoms with Crippen LogP contribution in [0.4, 0.5) is 0 Å². The minimum atomic E-state index is -0.469. The Kier molecular flexibility index (Phi) is 6.20. The highest BCUT2D eigenvalue weighted by Crippen LogP contribution is 2.16. The molecule has 0 fully saturated rings. The summed E-state index contributed by atoms with van der Waals surface area (Å²) in [5.74, 6) is -0.0567. The van der Waals surface area contributed by atoms with Gasteiger partial charge in [-0.15, -0.1) is 0 Å². The van der Waals surface area contributed by atoms with Gasteiger partial charge in [0.05, 0.1) is 25.3 Å². The number of benzene rings is 2. The molecular weight excluding hydrogens is 344 g/mol. The lowest BCUT2D eigenvalue weighted by Gasteiger charge is -2.12. The monoisotopic (exact) mass is 366 g/mol. The number of para-hydroxylation sites is 1. The molecule has 0 aliphatic carbocycles. The van der Waals surface area contributed by atoms with Crippen molar-refractivity contribution in [3.63, 3.8) is 0 Å². The predicted molar refractivity (Wildman–Crippen MR) is 102 cm³/mol. The molecule has 6 heteroatoms. The lowest BCUT2D eigenvalue weighted by Crippen LogP contribution is -2.29. The fraction of sp³-hybridized carbons (Fsp3) is 0.286. The van der Waals surface area contributed by atoms with E-state index < -0.39 is 5.97 Å². The van der Waals surface area contributed by atoms with Crippen LogP contribution < -0.4 is 4.74 Å². The first kappa shape index (κ1) is 18.6. The highest BCUT2D eigenvalue weighted by molar-refractivity contribution is 6.02. The van der Waals surface area contributed by atoms with Gasteiger partial charge in [0, 0.05) is 6.42 Å². The fourth-order valence-corrected chi connectivity index (χ4v) is 2.72. The third kappa shape index (κ3) is 5.17. The molecule has 140 valence electrons. The molecule has 1 aliphatic heterocycles. The van der Waals surface area contributed by atoms with Crippen LogP contribution in [-0.4, -0.2) is 42.4 Å². The van der Waals surface area contributed by atoms with Crippen molar-refractivity contribution in [2.75, 3.05) is 19.8 Å². The average molecular weight is 366 g/mol. The molecule has 0 spiro atoms. The molecule has 3 rings (SSSR count). The van der Waals surface area contributed by atoms with E-state index in [1.807, 2.05) is 61.5 Å². The van der Waals surface area contributed by atoms with E-state index >= 15 is 0 Å². The molecule has 0 saturated carbocycles. The van der Waals surface area contributed by atoms with Crippen LogP contribution in [0.15, 0.2) is 59.7 Å². The maximum Gasteiger partial charge on any atom is 0.309 e. The van der Waals surface area contributed by atoms with E-state index in [4.69, 9.17) is 9.47 Å². The van der Waals surface area contributed by atoms with Crippen molar-refractivity contribution in [3.05, 3.63) is 65.7 Å². The maximum atomic E-state index is 12.2. The molecular formula is C21H22N2O4. The number of ether oxygens (including phenoxy) is 2. The normalized spacial score (nSPS) is 13.2. The molecule has 0 N–H and O–H groups in total. The molecule has 0 radical (unpaired) electrons. The second-order valence-corrected chi connectivity index (χ2v) is 6.20. The number of rotatable bonds is 7. The van der Waals surface area contributed by atoms with E-state index in [2.05, 4.69) is 5.10 Å². The highest BCUT2D eigenvalue weighted by Gasteiger charge is 2.22. The van der Waals surface area contributed by atoms with Crippen LogP contribution in [0, 0.1) is 6.92 Å². The first-order chi connectivity index (χ1) is 13.1. The number of aryl methyl sites for hydroxylation is 1. The second kappa shape index (κ2) is 8.98. The van der Waals surface area contributed by atoms with Gasteiger partial charge in [0.1, 0.15) is 5.75 Å². The number of hydrogen-bond acceptors (Lipinski definition) is 5. The zero-order valence-electron chi connectivity index (χ0n) is 15.3. The molecule has 27 heavy (non-hydrogen) atoms. The maximum absolute atomic E-state index is 12.2. The van der Waals surface area contributed by atoms with Crippen molar-refractivity contribution in [2.45, 2.75) is 19.8 Å². The standard InChI is InChI=1S/C21H22N2O4/c1-16-7-5-6-10-19(16)26-14-12-21(25)27-15-20(24)23-13-11-18(22-23)17-8-3-2-4-9-17/h2-10H,11-15H2,1H3. The minimum Gasteiger partial charge on any atom is -0.493 e. The molecule has 2 aromatic rings. The molecule has 1 heterocycles. The van der Waals surface area contributed by atoms with Crippen molar-refractivity contribution in [2.24, 2.45) is 5.10 Å². The Hall–Kier alpha value is -3.15. The molecule has 0 bridgehead atoms. The summed E-state index contributed by atoms with van der Waals surface area (Å²) in [5, 5.41) is 5.69. The number of hydrazone groups is 1. The van der Waals surface area contributed by atoms with Gasteiger partial charge in [-0.3, -0.25) is 9.59 Å². The van der Waals surface area contributed by atoms with E-state index in [0.29, 0.717) is 13.0 Å². The average Bonchev–Trinajstić information content (AvgIpc) is 3.19. The Morgan fingerprint density at radius 1 is 1.07 bits per heavy atom. The topological polar surface area (TPSA) is 68.2 Å². The molecule has 6 nitrogen and oxygen atoms in total. The van der Waals surface area contributed by atoms with E-state index in [1.54, 1.807) is 0 Å². The number of nitrogens with zero attached hydrogens (tertiary/aromatic N) is 2. The van der Waals surface area contributed by atoms with Crippen LogP contribution in [0.2, 0.25) is 0 Å². The zero-order chi connectivity index (χ0) is 19.1. The molecule has 1 amide bonds. The van der Waals surface area contributed by atoms with Gasteiger partial charge in [-0.25, -0.2) is 5.01 Å². The molecule has 2 aromatic carbocycles. The van der Waals surface area contributed by atoms with Crippen LogP contribution >= 0.6 is 0 Å². The summed E-state index contributed by atoms with van der Waals surface area (Å²) >= 11 is 0. The Balaban J connectivity index is 1.41. The van der Waals surface area contributed by atoms with E-state index in [1.165, 1.54) is 5.01 Å². The quantitative estimate of drug-likeness (QED) is 0.707. The summed E-state index contributed by atoms with van der Waals surface area (Å²) in [5.41, 5.74) is 2.86. The van der Waals surface area contributed by atoms with E-state index in [0.717, 1.165) is 22.6 Å². The smallest absolute Gasteiger partial charge is 0.309 e. The lowest BCUT2D eigenvalue weighted by atomic mass is 10.1. The first-order valence-corrected chi connectivity index (χ1v) is 8.91. The molecule has 0 saturated heterocycles. The van der Waals surface area contributed by atoms with Gasteiger partial charge < -0.3 is 9.47 Å². The molecule has 0 atom stereocenters. The van der Waals surface area contributed by atoms with Crippen molar-refractivity contribution in [1.82, 2.24) is 5.01 Å². The SMILES string of the molecule is Cc1ccccc1OCCC(=O)OCC(=O)N1CCC(c2ccccc2)=N1.